The molecular formula is C28H30FN3O4S. The molecule has 3 aromatic rings. The number of hydrogen-bond acceptors (Lipinski definition) is 6. The van der Waals surface area contributed by atoms with Crippen LogP contribution in [0, 0.1) is 11.7 Å². The largest absolute Gasteiger partial charge is 0.505 e. The van der Waals surface area contributed by atoms with Crippen molar-refractivity contribution in [2.45, 2.75) is 30.8 Å². The molecule has 0 unspecified atom stereocenters. The summed E-state index contributed by atoms with van der Waals surface area (Å²) < 4.78 is 19.8. The monoisotopic (exact) mass is 523 g/mol. The van der Waals surface area contributed by atoms with Gasteiger partial charge in [0.2, 0.25) is 5.91 Å². The van der Waals surface area contributed by atoms with E-state index in [-0.39, 0.29) is 11.8 Å². The first-order valence-corrected chi connectivity index (χ1v) is 12.9. The van der Waals surface area contributed by atoms with Gasteiger partial charge in [0.15, 0.2) is 11.6 Å². The van der Waals surface area contributed by atoms with Crippen LogP contribution in [0.5, 0.6) is 5.75 Å². The quantitative estimate of drug-likeness (QED) is 0.133. The highest BCUT2D eigenvalue weighted by Gasteiger charge is 2.24. The van der Waals surface area contributed by atoms with Crippen molar-refractivity contribution in [2.24, 2.45) is 5.92 Å². The molecule has 0 aromatic heterocycles. The van der Waals surface area contributed by atoms with Crippen molar-refractivity contribution in [3.63, 3.8) is 0 Å². The maximum atomic E-state index is 14.1. The first kappa shape index (κ1) is 27.6. The summed E-state index contributed by atoms with van der Waals surface area (Å²) in [6, 6.07) is 18.2. The molecule has 5 N–H and O–H groups in total. The first-order chi connectivity index (χ1) is 17.8. The number of thioether (sulfide) groups is 1. The van der Waals surface area contributed by atoms with Crippen LogP contribution < -0.4 is 16.4 Å². The van der Waals surface area contributed by atoms with E-state index in [2.05, 4.69) is 10.6 Å². The number of carbonyl (C=O) groups excluding carboxylic acids is 2. The van der Waals surface area contributed by atoms with E-state index in [1.807, 2.05) is 25.3 Å². The Kier molecular flexibility index (Phi) is 9.97. The lowest BCUT2D eigenvalue weighted by molar-refractivity contribution is -0.111. The van der Waals surface area contributed by atoms with Gasteiger partial charge in [0, 0.05) is 10.6 Å². The summed E-state index contributed by atoms with van der Waals surface area (Å²) >= 11 is 1.59. The Morgan fingerprint density at radius 1 is 1.11 bits per heavy atom. The number of nitrogens with one attached hydrogen (secondary N) is 2. The van der Waals surface area contributed by atoms with E-state index < -0.39 is 23.8 Å². The van der Waals surface area contributed by atoms with E-state index in [1.54, 1.807) is 54.2 Å². The molecule has 0 saturated heterocycles. The van der Waals surface area contributed by atoms with E-state index in [9.17, 15) is 19.1 Å². The molecule has 194 valence electrons. The van der Waals surface area contributed by atoms with Crippen LogP contribution in [0.2, 0.25) is 0 Å². The molecule has 0 heterocycles. The summed E-state index contributed by atoms with van der Waals surface area (Å²) in [6.07, 6.45) is 4.68. The number of phenols is 1. The van der Waals surface area contributed by atoms with E-state index >= 15 is 0 Å². The van der Waals surface area contributed by atoms with Crippen molar-refractivity contribution in [1.29, 1.82) is 0 Å². The summed E-state index contributed by atoms with van der Waals surface area (Å²) in [6.45, 7) is 1.87. The van der Waals surface area contributed by atoms with Crippen molar-refractivity contribution in [2.75, 3.05) is 22.6 Å². The van der Waals surface area contributed by atoms with E-state index in [1.165, 1.54) is 18.2 Å². The maximum Gasteiger partial charge on any atom is 0.412 e. The maximum absolute atomic E-state index is 14.1. The second-order valence-corrected chi connectivity index (χ2v) is 9.30. The van der Waals surface area contributed by atoms with Gasteiger partial charge in [-0.15, -0.1) is 11.8 Å². The normalized spacial score (nSPS) is 12.6. The predicted molar refractivity (Wildman–Crippen MR) is 146 cm³/mol. The lowest BCUT2D eigenvalue weighted by Crippen LogP contribution is -2.22. The minimum Gasteiger partial charge on any atom is -0.505 e. The number of ether oxygens (including phenoxy) is 1. The average molecular weight is 524 g/mol. The van der Waals surface area contributed by atoms with Crippen LogP contribution in [-0.2, 0) is 9.53 Å². The van der Waals surface area contributed by atoms with Crippen molar-refractivity contribution in [1.82, 2.24) is 0 Å². The van der Waals surface area contributed by atoms with Gasteiger partial charge in [-0.25, -0.2) is 9.18 Å². The third kappa shape index (κ3) is 8.28. The van der Waals surface area contributed by atoms with Gasteiger partial charge in [0.1, 0.15) is 6.10 Å². The van der Waals surface area contributed by atoms with Crippen LogP contribution >= 0.6 is 11.8 Å². The number of para-hydroxylation sites is 2. The molecule has 0 saturated carbocycles. The number of anilines is 3. The number of phenolic OH excluding ortho intramolecular Hbond substituents is 1. The third-order valence-corrected chi connectivity index (χ3v) is 6.41. The number of halogens is 1. The Morgan fingerprint density at radius 2 is 1.84 bits per heavy atom. The predicted octanol–water partition coefficient (Wildman–Crippen LogP) is 6.74. The highest BCUT2D eigenvalue weighted by atomic mass is 32.2. The standard InChI is InChI=1S/C28H30FN3O4S/c1-18(7-3-6-10-26(34)32-24-9-5-4-8-23(24)30)27(19-11-16-25(33)22(29)17-19)36-28(35)31-20-12-14-21(37-2)15-13-20/h4-6,8-18,27,33H,3,7,30H2,1-2H3,(H,31,35)(H,32,34)/b10-6+/t18-,27+/m0/s1. The highest BCUT2D eigenvalue weighted by molar-refractivity contribution is 7.98. The molecule has 37 heavy (non-hydrogen) atoms. The Hall–Kier alpha value is -3.98. The zero-order chi connectivity index (χ0) is 26.8. The smallest absolute Gasteiger partial charge is 0.412 e. The zero-order valence-electron chi connectivity index (χ0n) is 20.6. The molecule has 0 aliphatic rings. The molecule has 0 fully saturated rings. The Labute approximate surface area is 219 Å². The summed E-state index contributed by atoms with van der Waals surface area (Å²) in [5.74, 6) is -1.83. The lowest BCUT2D eigenvalue weighted by Gasteiger charge is -2.25. The van der Waals surface area contributed by atoms with E-state index in [0.717, 1.165) is 11.0 Å². The van der Waals surface area contributed by atoms with Gasteiger partial charge in [-0.3, -0.25) is 10.1 Å². The molecule has 7 nitrogen and oxygen atoms in total. The SMILES string of the molecule is CSc1ccc(NC(=O)O[C@@H](c2ccc(O)c(F)c2)[C@@H](C)CC/C=C/C(=O)Nc2ccccc2N)cc1. The van der Waals surface area contributed by atoms with Crippen LogP contribution in [0.4, 0.5) is 26.2 Å². The molecule has 0 bridgehead atoms. The summed E-state index contributed by atoms with van der Waals surface area (Å²) in [5.41, 5.74) is 7.83. The van der Waals surface area contributed by atoms with E-state index in [0.29, 0.717) is 35.5 Å². The number of aromatic hydroxyl groups is 1. The lowest BCUT2D eigenvalue weighted by atomic mass is 9.93. The van der Waals surface area contributed by atoms with Crippen LogP contribution in [0.15, 0.2) is 83.8 Å². The molecule has 2 amide bonds. The first-order valence-electron chi connectivity index (χ1n) is 11.7. The Balaban J connectivity index is 1.63. The minimum absolute atomic E-state index is 0.231. The van der Waals surface area contributed by atoms with Gasteiger partial charge in [-0.1, -0.05) is 31.2 Å². The van der Waals surface area contributed by atoms with Crippen LogP contribution in [0.1, 0.15) is 31.4 Å². The molecule has 9 heteroatoms. The number of nitrogens with two attached hydrogens (primary N) is 1. The van der Waals surface area contributed by atoms with Gasteiger partial charge in [0.05, 0.1) is 11.4 Å². The van der Waals surface area contributed by atoms with Gasteiger partial charge in [-0.05, 0) is 85.2 Å². The van der Waals surface area contributed by atoms with Gasteiger partial charge < -0.3 is 20.9 Å². The fourth-order valence-corrected chi connectivity index (χ4v) is 4.04. The number of nitrogen functional groups attached to an aromatic ring is 1. The fourth-order valence-electron chi connectivity index (χ4n) is 3.64. The number of benzene rings is 3. The topological polar surface area (TPSA) is 114 Å². The number of allylic oxidation sites excluding steroid dienone is 1. The van der Waals surface area contributed by atoms with Crippen molar-refractivity contribution in [3.8, 4) is 5.75 Å². The Bertz CT molecular complexity index is 1250. The minimum atomic E-state index is -0.803. The average Bonchev–Trinajstić information content (AvgIpc) is 2.88. The molecule has 0 radical (unpaired) electrons. The third-order valence-electron chi connectivity index (χ3n) is 5.66. The van der Waals surface area contributed by atoms with Crippen molar-refractivity contribution >= 4 is 40.8 Å². The second-order valence-electron chi connectivity index (χ2n) is 8.42. The van der Waals surface area contributed by atoms with Gasteiger partial charge in [0.25, 0.3) is 0 Å². The van der Waals surface area contributed by atoms with Crippen molar-refractivity contribution in [3.05, 3.63) is 90.3 Å². The Morgan fingerprint density at radius 3 is 2.51 bits per heavy atom. The van der Waals surface area contributed by atoms with Crippen LogP contribution in [-0.4, -0.2) is 23.4 Å². The molecular weight excluding hydrogens is 493 g/mol. The number of rotatable bonds is 10. The number of hydrogen-bond donors (Lipinski definition) is 4. The van der Waals surface area contributed by atoms with Gasteiger partial charge >= 0.3 is 6.09 Å². The fraction of sp³-hybridized carbons (Fsp3) is 0.214. The number of carbonyl (C=O) groups is 2. The molecule has 2 atom stereocenters. The second kappa shape index (κ2) is 13.4. The van der Waals surface area contributed by atoms with Crippen LogP contribution in [0.3, 0.4) is 0 Å². The molecule has 3 rings (SSSR count). The molecule has 0 spiro atoms. The van der Waals surface area contributed by atoms with Gasteiger partial charge in [-0.2, -0.15) is 0 Å². The summed E-state index contributed by atoms with van der Waals surface area (Å²) in [4.78, 5) is 25.9. The van der Waals surface area contributed by atoms with Crippen molar-refractivity contribution < 1.29 is 23.8 Å². The zero-order valence-corrected chi connectivity index (χ0v) is 21.4. The van der Waals surface area contributed by atoms with Crippen LogP contribution in [0.25, 0.3) is 0 Å². The van der Waals surface area contributed by atoms with E-state index in [4.69, 9.17) is 10.5 Å². The summed E-state index contributed by atoms with van der Waals surface area (Å²) in [7, 11) is 0. The molecule has 0 aliphatic carbocycles. The number of amides is 2. The molecule has 3 aromatic carbocycles. The highest BCUT2D eigenvalue weighted by Crippen LogP contribution is 2.32. The molecule has 0 aliphatic heterocycles. The summed E-state index contributed by atoms with van der Waals surface area (Å²) in [5, 5.41) is 15.0.